The molecule has 31 heavy (non-hydrogen) atoms. The van der Waals surface area contributed by atoms with Crippen molar-refractivity contribution in [3.8, 4) is 0 Å². The monoisotopic (exact) mass is 451 g/mol. The van der Waals surface area contributed by atoms with E-state index in [2.05, 4.69) is 30.0 Å². The number of H-pyrrole nitrogens is 1. The predicted molar refractivity (Wildman–Crippen MR) is 108 cm³/mol. The molecule has 3 N–H and O–H groups in total. The van der Waals surface area contributed by atoms with Gasteiger partial charge in [0.2, 0.25) is 0 Å². The number of fused-ring (bicyclic) bond motifs is 1. The van der Waals surface area contributed by atoms with Crippen LogP contribution in [0.15, 0.2) is 34.4 Å². The normalized spacial score (nSPS) is 21.3. The van der Waals surface area contributed by atoms with Crippen molar-refractivity contribution in [1.29, 1.82) is 0 Å². The van der Waals surface area contributed by atoms with Gasteiger partial charge in [-0.05, 0) is 25.0 Å². The van der Waals surface area contributed by atoms with Crippen molar-refractivity contribution < 1.29 is 17.9 Å². The summed E-state index contributed by atoms with van der Waals surface area (Å²) in [7, 11) is 0. The molecule has 2 aliphatic rings. The van der Waals surface area contributed by atoms with Crippen LogP contribution in [-0.4, -0.2) is 57.5 Å². The lowest BCUT2D eigenvalue weighted by Crippen LogP contribution is -2.49. The first-order chi connectivity index (χ1) is 14.9. The summed E-state index contributed by atoms with van der Waals surface area (Å²) in [4.78, 5) is 14.6. The minimum atomic E-state index is -4.55. The van der Waals surface area contributed by atoms with Gasteiger partial charge in [-0.15, -0.1) is 0 Å². The highest BCUT2D eigenvalue weighted by Crippen LogP contribution is 2.41. The number of pyridine rings is 1. The summed E-state index contributed by atoms with van der Waals surface area (Å²) in [6.07, 6.45) is 0.0410. The molecule has 0 aliphatic carbocycles. The van der Waals surface area contributed by atoms with Crippen LogP contribution < -0.4 is 10.6 Å². The zero-order valence-electron chi connectivity index (χ0n) is 16.4. The maximum absolute atomic E-state index is 13.2. The molecule has 5 rings (SSSR count). The number of anilines is 1. The number of piperidine rings is 1. The standard InChI is InChI=1S/C19H20F3N7OS/c20-19(21,22)15-11(2-1-5-24-15)31-17-14-16(27-28-17)26-13(8-25-14)29-6-3-18(4-7-29)10-30-9-12(18)23/h1-2,5,8,12H,3-4,6-7,9-10,23H2,(H,26,27,28)/t12-/m1/s1. The molecule has 12 heteroatoms. The first-order valence-corrected chi connectivity index (χ1v) is 10.7. The summed E-state index contributed by atoms with van der Waals surface area (Å²) in [6, 6.07) is 2.88. The van der Waals surface area contributed by atoms with Gasteiger partial charge in [-0.1, -0.05) is 11.8 Å². The van der Waals surface area contributed by atoms with Gasteiger partial charge < -0.3 is 15.4 Å². The third-order valence-corrected chi connectivity index (χ3v) is 7.06. The van der Waals surface area contributed by atoms with Gasteiger partial charge in [0.1, 0.15) is 11.3 Å². The molecule has 0 saturated carbocycles. The second-order valence-corrected chi connectivity index (χ2v) is 8.91. The molecular formula is C19H20F3N7OS. The average molecular weight is 451 g/mol. The first-order valence-electron chi connectivity index (χ1n) is 9.85. The Morgan fingerprint density at radius 1 is 1.26 bits per heavy atom. The minimum absolute atomic E-state index is 0.0335. The first kappa shape index (κ1) is 20.5. The number of nitrogens with one attached hydrogen (secondary N) is 1. The van der Waals surface area contributed by atoms with Crippen LogP contribution in [0.4, 0.5) is 19.0 Å². The van der Waals surface area contributed by atoms with E-state index in [0.29, 0.717) is 35.2 Å². The van der Waals surface area contributed by atoms with Gasteiger partial charge in [-0.3, -0.25) is 10.1 Å². The van der Waals surface area contributed by atoms with Crippen LogP contribution in [0.25, 0.3) is 11.2 Å². The summed E-state index contributed by atoms with van der Waals surface area (Å²) in [6.45, 7) is 2.88. The van der Waals surface area contributed by atoms with E-state index in [-0.39, 0.29) is 16.4 Å². The molecule has 3 aromatic heterocycles. The van der Waals surface area contributed by atoms with Crippen LogP contribution in [0.5, 0.6) is 0 Å². The SMILES string of the molecule is N[C@@H]1COCC12CCN(c1cnc3c(Sc4cccnc4C(F)(F)F)n[nH]c3n1)CC2. The lowest BCUT2D eigenvalue weighted by molar-refractivity contribution is -0.143. The number of nitrogens with zero attached hydrogens (tertiary/aromatic N) is 5. The van der Waals surface area contributed by atoms with E-state index in [1.807, 2.05) is 0 Å². The molecule has 0 amide bonds. The molecule has 8 nitrogen and oxygen atoms in total. The molecule has 1 spiro atoms. The molecule has 2 fully saturated rings. The van der Waals surface area contributed by atoms with E-state index in [9.17, 15) is 13.2 Å². The van der Waals surface area contributed by atoms with Gasteiger partial charge in [-0.2, -0.15) is 18.3 Å². The Morgan fingerprint density at radius 3 is 2.77 bits per heavy atom. The van der Waals surface area contributed by atoms with Crippen LogP contribution >= 0.6 is 11.8 Å². The Morgan fingerprint density at radius 2 is 2.06 bits per heavy atom. The molecule has 2 saturated heterocycles. The highest BCUT2D eigenvalue weighted by molar-refractivity contribution is 7.99. The van der Waals surface area contributed by atoms with Crippen LogP contribution in [0, 0.1) is 5.41 Å². The maximum atomic E-state index is 13.2. The van der Waals surface area contributed by atoms with Gasteiger partial charge in [0.25, 0.3) is 0 Å². The molecule has 164 valence electrons. The second-order valence-electron chi connectivity index (χ2n) is 7.88. The van der Waals surface area contributed by atoms with E-state index in [1.165, 1.54) is 12.1 Å². The molecule has 0 aromatic carbocycles. The van der Waals surface area contributed by atoms with Gasteiger partial charge in [0.05, 0.1) is 19.4 Å². The van der Waals surface area contributed by atoms with Gasteiger partial charge in [0.15, 0.2) is 16.4 Å². The van der Waals surface area contributed by atoms with Crippen molar-refractivity contribution in [2.45, 2.75) is 35.0 Å². The van der Waals surface area contributed by atoms with E-state index in [0.717, 1.165) is 43.9 Å². The molecule has 3 aromatic rings. The summed E-state index contributed by atoms with van der Waals surface area (Å²) in [5.74, 6) is 0.701. The molecule has 5 heterocycles. The van der Waals surface area contributed by atoms with E-state index in [1.54, 1.807) is 6.20 Å². The molecular weight excluding hydrogens is 431 g/mol. The Labute approximate surface area is 179 Å². The molecule has 1 atom stereocenters. The Bertz CT molecular complexity index is 1100. The topological polar surface area (TPSA) is 106 Å². The zero-order chi connectivity index (χ0) is 21.6. The summed E-state index contributed by atoms with van der Waals surface area (Å²) in [5, 5.41) is 7.24. The van der Waals surface area contributed by atoms with Crippen LogP contribution in [0.2, 0.25) is 0 Å². The predicted octanol–water partition coefficient (Wildman–Crippen LogP) is 2.86. The van der Waals surface area contributed by atoms with Crippen molar-refractivity contribution in [3.05, 3.63) is 30.2 Å². The van der Waals surface area contributed by atoms with Gasteiger partial charge in [-0.25, -0.2) is 9.97 Å². The van der Waals surface area contributed by atoms with Crippen molar-refractivity contribution in [3.63, 3.8) is 0 Å². The van der Waals surface area contributed by atoms with Crippen molar-refractivity contribution in [1.82, 2.24) is 25.1 Å². The lowest BCUT2D eigenvalue weighted by atomic mass is 9.75. The number of hydrogen-bond acceptors (Lipinski definition) is 8. The van der Waals surface area contributed by atoms with Crippen molar-refractivity contribution in [2.24, 2.45) is 11.1 Å². The van der Waals surface area contributed by atoms with Crippen molar-refractivity contribution in [2.75, 3.05) is 31.2 Å². The van der Waals surface area contributed by atoms with Crippen LogP contribution in [-0.2, 0) is 10.9 Å². The number of nitrogens with two attached hydrogens (primary N) is 1. The number of aromatic nitrogens is 5. The smallest absolute Gasteiger partial charge is 0.379 e. The third kappa shape index (κ3) is 3.72. The number of rotatable bonds is 3. The number of aromatic amines is 1. The average Bonchev–Trinajstić information content (AvgIpc) is 3.31. The largest absolute Gasteiger partial charge is 0.434 e. The highest BCUT2D eigenvalue weighted by Gasteiger charge is 2.44. The van der Waals surface area contributed by atoms with Crippen molar-refractivity contribution >= 4 is 28.7 Å². The van der Waals surface area contributed by atoms with Crippen LogP contribution in [0.1, 0.15) is 18.5 Å². The number of alkyl halides is 3. The second kappa shape index (κ2) is 7.61. The minimum Gasteiger partial charge on any atom is -0.379 e. The quantitative estimate of drug-likeness (QED) is 0.626. The molecule has 2 aliphatic heterocycles. The van der Waals surface area contributed by atoms with Crippen LogP contribution in [0.3, 0.4) is 0 Å². The van der Waals surface area contributed by atoms with E-state index >= 15 is 0 Å². The fourth-order valence-electron chi connectivity index (χ4n) is 4.15. The molecule has 0 bridgehead atoms. The van der Waals surface area contributed by atoms with Gasteiger partial charge in [0, 0.05) is 35.6 Å². The van der Waals surface area contributed by atoms with Gasteiger partial charge >= 0.3 is 6.18 Å². The number of ether oxygens (including phenoxy) is 1. The zero-order valence-corrected chi connectivity index (χ0v) is 17.2. The fraction of sp³-hybridized carbons (Fsp3) is 0.474. The summed E-state index contributed by atoms with van der Waals surface area (Å²) < 4.78 is 45.3. The Kier molecular flexibility index (Phi) is 5.02. The maximum Gasteiger partial charge on any atom is 0.434 e. The van der Waals surface area contributed by atoms with E-state index in [4.69, 9.17) is 10.5 Å². The molecule has 0 radical (unpaired) electrons. The molecule has 0 unspecified atom stereocenters. The van der Waals surface area contributed by atoms with E-state index < -0.39 is 11.9 Å². The number of hydrogen-bond donors (Lipinski definition) is 2. The highest BCUT2D eigenvalue weighted by atomic mass is 32.2. The fourth-order valence-corrected chi connectivity index (χ4v) is 5.11. The third-order valence-electron chi connectivity index (χ3n) is 6.03. The Hall–Kier alpha value is -2.44. The summed E-state index contributed by atoms with van der Waals surface area (Å²) in [5.41, 5.74) is 6.18. The lowest BCUT2D eigenvalue weighted by Gasteiger charge is -2.41. The number of halogens is 3. The summed E-state index contributed by atoms with van der Waals surface area (Å²) >= 11 is 0.863. The Balaban J connectivity index is 1.36.